The van der Waals surface area contributed by atoms with Crippen molar-refractivity contribution in [2.45, 2.75) is 26.0 Å². The Kier molecular flexibility index (Phi) is 6.42. The Morgan fingerprint density at radius 1 is 1.37 bits per heavy atom. The quantitative estimate of drug-likeness (QED) is 0.849. The molecule has 4 nitrogen and oxygen atoms in total. The van der Waals surface area contributed by atoms with Crippen molar-refractivity contribution >= 4 is 29.1 Å². The van der Waals surface area contributed by atoms with Crippen molar-refractivity contribution < 1.29 is 9.53 Å². The molecule has 0 aliphatic heterocycles. The fourth-order valence-corrected chi connectivity index (χ4v) is 1.65. The van der Waals surface area contributed by atoms with Gasteiger partial charge < -0.3 is 15.4 Å². The van der Waals surface area contributed by atoms with E-state index in [2.05, 4.69) is 10.6 Å². The number of halogens is 2. The van der Waals surface area contributed by atoms with E-state index in [0.717, 1.165) is 0 Å². The fourth-order valence-electron chi connectivity index (χ4n) is 1.32. The van der Waals surface area contributed by atoms with Gasteiger partial charge in [0.25, 0.3) is 5.91 Å². The van der Waals surface area contributed by atoms with E-state index in [1.807, 2.05) is 14.0 Å². The Labute approximate surface area is 123 Å². The maximum atomic E-state index is 11.8. The molecule has 0 saturated carbocycles. The third-order valence-electron chi connectivity index (χ3n) is 2.66. The highest BCUT2D eigenvalue weighted by atomic mass is 35.5. The Balaban J connectivity index is 2.56. The number of hydrogen-bond donors (Lipinski definition) is 2. The van der Waals surface area contributed by atoms with Crippen LogP contribution < -0.4 is 15.4 Å². The summed E-state index contributed by atoms with van der Waals surface area (Å²) in [5, 5.41) is 6.53. The lowest BCUT2D eigenvalue weighted by Crippen LogP contribution is -2.42. The van der Waals surface area contributed by atoms with Gasteiger partial charge in [-0.25, -0.2) is 0 Å². The molecule has 1 aromatic rings. The summed E-state index contributed by atoms with van der Waals surface area (Å²) in [6.07, 6.45) is -0.639. The largest absolute Gasteiger partial charge is 0.479 e. The molecule has 2 unspecified atom stereocenters. The predicted octanol–water partition coefficient (Wildman–Crippen LogP) is 2.48. The first-order chi connectivity index (χ1) is 8.95. The molecule has 106 valence electrons. The average molecular weight is 305 g/mol. The van der Waals surface area contributed by atoms with Crippen LogP contribution in [0.1, 0.15) is 13.8 Å². The van der Waals surface area contributed by atoms with E-state index >= 15 is 0 Å². The highest BCUT2D eigenvalue weighted by Crippen LogP contribution is 2.31. The highest BCUT2D eigenvalue weighted by Gasteiger charge is 2.17. The molecule has 6 heteroatoms. The molecule has 0 saturated heterocycles. The van der Waals surface area contributed by atoms with Crippen LogP contribution in [0.4, 0.5) is 0 Å². The molecular formula is C13H18Cl2N2O2. The first kappa shape index (κ1) is 16.1. The van der Waals surface area contributed by atoms with Gasteiger partial charge in [0.05, 0.1) is 5.02 Å². The SMILES string of the molecule is CNC(C)CNC(=O)C(C)Oc1cccc(Cl)c1Cl. The second-order valence-corrected chi connectivity index (χ2v) is 5.03. The van der Waals surface area contributed by atoms with Crippen molar-refractivity contribution in [1.82, 2.24) is 10.6 Å². The topological polar surface area (TPSA) is 50.4 Å². The van der Waals surface area contributed by atoms with Crippen molar-refractivity contribution in [2.24, 2.45) is 0 Å². The van der Waals surface area contributed by atoms with Gasteiger partial charge in [0.15, 0.2) is 6.10 Å². The maximum absolute atomic E-state index is 11.8. The van der Waals surface area contributed by atoms with Crippen LogP contribution in [-0.4, -0.2) is 31.6 Å². The molecule has 1 rings (SSSR count). The lowest BCUT2D eigenvalue weighted by molar-refractivity contribution is -0.127. The van der Waals surface area contributed by atoms with E-state index in [1.165, 1.54) is 0 Å². The van der Waals surface area contributed by atoms with Gasteiger partial charge in [0.2, 0.25) is 0 Å². The molecule has 0 radical (unpaired) electrons. The van der Waals surface area contributed by atoms with E-state index in [0.29, 0.717) is 22.3 Å². The minimum absolute atomic E-state index is 0.196. The summed E-state index contributed by atoms with van der Waals surface area (Å²) < 4.78 is 5.50. The number of carbonyl (C=O) groups excluding carboxylic acids is 1. The number of ether oxygens (including phenoxy) is 1. The van der Waals surface area contributed by atoms with Crippen LogP contribution in [0.3, 0.4) is 0 Å². The summed E-state index contributed by atoms with van der Waals surface area (Å²) in [5.74, 6) is 0.205. The molecule has 0 fully saturated rings. The predicted molar refractivity (Wildman–Crippen MR) is 78.1 cm³/mol. The molecule has 2 N–H and O–H groups in total. The van der Waals surface area contributed by atoms with Crippen LogP contribution in [0.5, 0.6) is 5.75 Å². The third kappa shape index (κ3) is 4.90. The lowest BCUT2D eigenvalue weighted by atomic mass is 10.3. The Bertz CT molecular complexity index is 441. The number of hydrogen-bond acceptors (Lipinski definition) is 3. The molecule has 0 heterocycles. The van der Waals surface area contributed by atoms with Crippen molar-refractivity contribution in [2.75, 3.05) is 13.6 Å². The van der Waals surface area contributed by atoms with Gasteiger partial charge in [-0.15, -0.1) is 0 Å². The number of nitrogens with one attached hydrogen (secondary N) is 2. The zero-order valence-electron chi connectivity index (χ0n) is 11.2. The van der Waals surface area contributed by atoms with Crippen LogP contribution in [0.25, 0.3) is 0 Å². The lowest BCUT2D eigenvalue weighted by Gasteiger charge is -2.17. The molecule has 0 aromatic heterocycles. The van der Waals surface area contributed by atoms with E-state index in [1.54, 1.807) is 25.1 Å². The average Bonchev–Trinajstić information content (AvgIpc) is 2.40. The molecular weight excluding hydrogens is 287 g/mol. The van der Waals surface area contributed by atoms with Crippen molar-refractivity contribution in [1.29, 1.82) is 0 Å². The van der Waals surface area contributed by atoms with Crippen LogP contribution in [0.2, 0.25) is 10.0 Å². The second kappa shape index (κ2) is 7.58. The summed E-state index contributed by atoms with van der Waals surface area (Å²) in [6.45, 7) is 4.17. The Morgan fingerprint density at radius 2 is 2.05 bits per heavy atom. The van der Waals surface area contributed by atoms with Gasteiger partial charge in [-0.05, 0) is 33.0 Å². The van der Waals surface area contributed by atoms with Gasteiger partial charge in [0.1, 0.15) is 10.8 Å². The van der Waals surface area contributed by atoms with E-state index in [4.69, 9.17) is 27.9 Å². The minimum atomic E-state index is -0.639. The summed E-state index contributed by atoms with van der Waals surface area (Å²) in [7, 11) is 1.84. The summed E-state index contributed by atoms with van der Waals surface area (Å²) in [4.78, 5) is 11.8. The molecule has 1 amide bonds. The van der Waals surface area contributed by atoms with E-state index < -0.39 is 6.10 Å². The van der Waals surface area contributed by atoms with Gasteiger partial charge in [-0.1, -0.05) is 29.3 Å². The summed E-state index contributed by atoms with van der Waals surface area (Å²) in [5.41, 5.74) is 0. The molecule has 0 aliphatic carbocycles. The number of carbonyl (C=O) groups is 1. The van der Waals surface area contributed by atoms with Gasteiger partial charge in [-0.3, -0.25) is 4.79 Å². The molecule has 0 aliphatic rings. The van der Waals surface area contributed by atoms with Crippen molar-refractivity contribution in [3.8, 4) is 5.75 Å². The standard InChI is InChI=1S/C13H18Cl2N2O2/c1-8(16-3)7-17-13(18)9(2)19-11-6-4-5-10(14)12(11)15/h4-6,8-9,16H,7H2,1-3H3,(H,17,18). The number of amides is 1. The van der Waals surface area contributed by atoms with Crippen LogP contribution in [0.15, 0.2) is 18.2 Å². The van der Waals surface area contributed by atoms with E-state index in [-0.39, 0.29) is 11.9 Å². The summed E-state index contributed by atoms with van der Waals surface area (Å²) >= 11 is 11.9. The normalized spacial score (nSPS) is 13.7. The van der Waals surface area contributed by atoms with Gasteiger partial charge in [-0.2, -0.15) is 0 Å². The van der Waals surface area contributed by atoms with Crippen LogP contribution in [0, 0.1) is 0 Å². The smallest absolute Gasteiger partial charge is 0.260 e. The molecule has 1 aromatic carbocycles. The maximum Gasteiger partial charge on any atom is 0.260 e. The second-order valence-electron chi connectivity index (χ2n) is 4.25. The molecule has 2 atom stereocenters. The Morgan fingerprint density at radius 3 is 2.68 bits per heavy atom. The monoisotopic (exact) mass is 304 g/mol. The van der Waals surface area contributed by atoms with Crippen molar-refractivity contribution in [3.63, 3.8) is 0 Å². The van der Waals surface area contributed by atoms with Gasteiger partial charge >= 0.3 is 0 Å². The zero-order valence-corrected chi connectivity index (χ0v) is 12.7. The first-order valence-corrected chi connectivity index (χ1v) is 6.77. The number of likely N-dealkylation sites (N-methyl/N-ethyl adjacent to an activating group) is 1. The number of benzene rings is 1. The third-order valence-corrected chi connectivity index (χ3v) is 3.47. The molecule has 0 bridgehead atoms. The van der Waals surface area contributed by atoms with Crippen molar-refractivity contribution in [3.05, 3.63) is 28.2 Å². The zero-order chi connectivity index (χ0) is 14.4. The molecule has 19 heavy (non-hydrogen) atoms. The Hall–Kier alpha value is -0.970. The van der Waals surface area contributed by atoms with Gasteiger partial charge in [0, 0.05) is 12.6 Å². The summed E-state index contributed by atoms with van der Waals surface area (Å²) in [6, 6.07) is 5.26. The van der Waals surface area contributed by atoms with Crippen LogP contribution >= 0.6 is 23.2 Å². The highest BCUT2D eigenvalue weighted by molar-refractivity contribution is 6.42. The number of rotatable bonds is 6. The molecule has 0 spiro atoms. The van der Waals surface area contributed by atoms with Crippen LogP contribution in [-0.2, 0) is 4.79 Å². The first-order valence-electron chi connectivity index (χ1n) is 6.01. The minimum Gasteiger partial charge on any atom is -0.479 e. The fraction of sp³-hybridized carbons (Fsp3) is 0.462. The van der Waals surface area contributed by atoms with E-state index in [9.17, 15) is 4.79 Å².